The van der Waals surface area contributed by atoms with Crippen LogP contribution in [0, 0.1) is 0 Å². The first-order chi connectivity index (χ1) is 14.9. The van der Waals surface area contributed by atoms with Crippen LogP contribution in [0.15, 0.2) is 89.4 Å². The Bertz CT molecular complexity index is 1020. The molecule has 0 aromatic heterocycles. The van der Waals surface area contributed by atoms with Crippen LogP contribution in [0.2, 0.25) is 0 Å². The van der Waals surface area contributed by atoms with Crippen molar-refractivity contribution in [3.05, 3.63) is 106 Å². The zero-order valence-corrected chi connectivity index (χ0v) is 19.0. The maximum absolute atomic E-state index is 12.2. The molecule has 0 amide bonds. The Morgan fingerprint density at radius 2 is 1.32 bits per heavy atom. The van der Waals surface area contributed by atoms with Gasteiger partial charge in [0.05, 0.1) is 0 Å². The molecule has 0 saturated carbocycles. The first kappa shape index (κ1) is 22.9. The van der Waals surface area contributed by atoms with Crippen LogP contribution < -0.4 is 9.47 Å². The highest BCUT2D eigenvalue weighted by Gasteiger charge is 2.23. The summed E-state index contributed by atoms with van der Waals surface area (Å²) in [7, 11) is 0. The number of ketones is 1. The second-order valence-electron chi connectivity index (χ2n) is 7.56. The largest absolute Gasteiger partial charge is 0.489 e. The monoisotopic (exact) mass is 454 g/mol. The molecule has 0 radical (unpaired) electrons. The Morgan fingerprint density at radius 1 is 0.806 bits per heavy atom. The van der Waals surface area contributed by atoms with E-state index in [1.807, 2.05) is 66.7 Å². The lowest BCUT2D eigenvalue weighted by Gasteiger charge is -2.26. The molecule has 0 heterocycles. The van der Waals surface area contributed by atoms with E-state index in [-0.39, 0.29) is 22.3 Å². The van der Waals surface area contributed by atoms with Crippen molar-refractivity contribution in [2.75, 3.05) is 13.2 Å². The molecule has 0 aliphatic rings. The second kappa shape index (κ2) is 10.5. The van der Waals surface area contributed by atoms with Crippen molar-refractivity contribution >= 4 is 29.0 Å². The van der Waals surface area contributed by atoms with Gasteiger partial charge in [0.15, 0.2) is 12.4 Å². The molecular formula is C26H24Cl2O3. The number of rotatable bonds is 9. The van der Waals surface area contributed by atoms with Gasteiger partial charge < -0.3 is 9.47 Å². The van der Waals surface area contributed by atoms with Gasteiger partial charge in [0.2, 0.25) is 0 Å². The van der Waals surface area contributed by atoms with Gasteiger partial charge in [-0.25, -0.2) is 0 Å². The lowest BCUT2D eigenvalue weighted by atomic mass is 9.78. The lowest BCUT2D eigenvalue weighted by Crippen LogP contribution is -2.18. The van der Waals surface area contributed by atoms with Gasteiger partial charge in [-0.15, -0.1) is 0 Å². The first-order valence-electron chi connectivity index (χ1n) is 9.92. The van der Waals surface area contributed by atoms with Gasteiger partial charge in [0.25, 0.3) is 0 Å². The summed E-state index contributed by atoms with van der Waals surface area (Å²) < 4.78 is 11.5. The number of ether oxygens (including phenoxy) is 2. The summed E-state index contributed by atoms with van der Waals surface area (Å²) in [6, 6.07) is 24.9. The summed E-state index contributed by atoms with van der Waals surface area (Å²) in [6.07, 6.45) is 1.60. The average molecular weight is 455 g/mol. The number of carbonyl (C=O) groups excluding carboxylic acids is 1. The zero-order valence-electron chi connectivity index (χ0n) is 17.5. The van der Waals surface area contributed by atoms with Crippen molar-refractivity contribution in [3.8, 4) is 11.5 Å². The summed E-state index contributed by atoms with van der Waals surface area (Å²) in [5.41, 5.74) is 2.73. The van der Waals surface area contributed by atoms with Crippen LogP contribution in [0.3, 0.4) is 0 Å². The van der Waals surface area contributed by atoms with Crippen molar-refractivity contribution < 1.29 is 14.3 Å². The highest BCUT2D eigenvalue weighted by Crippen LogP contribution is 2.33. The summed E-state index contributed by atoms with van der Waals surface area (Å²) in [4.78, 5) is 12.2. The minimum Gasteiger partial charge on any atom is -0.489 e. The Balaban J connectivity index is 1.62. The summed E-state index contributed by atoms with van der Waals surface area (Å²) in [5, 5.41) is 0. The molecule has 3 aromatic rings. The molecule has 0 saturated heterocycles. The van der Waals surface area contributed by atoms with Crippen LogP contribution in [0.5, 0.6) is 11.5 Å². The number of hydrogen-bond donors (Lipinski definition) is 0. The van der Waals surface area contributed by atoms with Gasteiger partial charge in [-0.2, -0.15) is 0 Å². The molecule has 3 nitrogen and oxygen atoms in total. The van der Waals surface area contributed by atoms with Gasteiger partial charge in [-0.3, -0.25) is 4.79 Å². The highest BCUT2D eigenvalue weighted by molar-refractivity contribution is 6.55. The normalized spacial score (nSPS) is 11.0. The minimum absolute atomic E-state index is 0.0122. The second-order valence-corrected chi connectivity index (χ2v) is 8.56. The van der Waals surface area contributed by atoms with Gasteiger partial charge in [-0.1, -0.05) is 91.6 Å². The average Bonchev–Trinajstić information content (AvgIpc) is 2.78. The number of hydrogen-bond acceptors (Lipinski definition) is 3. The predicted octanol–water partition coefficient (Wildman–Crippen LogP) is 6.97. The topological polar surface area (TPSA) is 35.5 Å². The fourth-order valence-electron chi connectivity index (χ4n) is 3.16. The third-order valence-electron chi connectivity index (χ3n) is 5.11. The van der Waals surface area contributed by atoms with E-state index in [0.717, 1.165) is 16.9 Å². The van der Waals surface area contributed by atoms with Gasteiger partial charge >= 0.3 is 0 Å². The van der Waals surface area contributed by atoms with Crippen LogP contribution in [0.1, 0.15) is 35.3 Å². The highest BCUT2D eigenvalue weighted by atomic mass is 35.5. The number of benzene rings is 3. The van der Waals surface area contributed by atoms with E-state index < -0.39 is 0 Å². The van der Waals surface area contributed by atoms with Crippen LogP contribution in [-0.2, 0) is 5.41 Å². The number of halogens is 2. The fourth-order valence-corrected chi connectivity index (χ4v) is 3.29. The minimum atomic E-state index is -0.212. The molecule has 0 spiro atoms. The molecule has 0 atom stereocenters. The maximum Gasteiger partial charge on any atom is 0.200 e. The van der Waals surface area contributed by atoms with Crippen LogP contribution in [-0.4, -0.2) is 19.0 Å². The molecule has 31 heavy (non-hydrogen) atoms. The van der Waals surface area contributed by atoms with E-state index in [0.29, 0.717) is 17.9 Å². The molecule has 0 fully saturated rings. The van der Waals surface area contributed by atoms with Crippen LogP contribution in [0.25, 0.3) is 0 Å². The quantitative estimate of drug-likeness (QED) is 0.327. The Hall–Kier alpha value is -2.75. The summed E-state index contributed by atoms with van der Waals surface area (Å²) >= 11 is 11.2. The van der Waals surface area contributed by atoms with Gasteiger partial charge in [0, 0.05) is 11.0 Å². The zero-order chi connectivity index (χ0) is 22.3. The summed E-state index contributed by atoms with van der Waals surface area (Å²) in [6.45, 7) is 4.65. The number of carbonyl (C=O) groups is 1. The molecule has 0 aliphatic carbocycles. The molecule has 5 heteroatoms. The molecular weight excluding hydrogens is 431 g/mol. The van der Waals surface area contributed by atoms with Crippen molar-refractivity contribution in [1.29, 1.82) is 0 Å². The van der Waals surface area contributed by atoms with Crippen molar-refractivity contribution in [3.63, 3.8) is 0 Å². The third kappa shape index (κ3) is 6.36. The Morgan fingerprint density at radius 3 is 1.84 bits per heavy atom. The van der Waals surface area contributed by atoms with Gasteiger partial charge in [-0.05, 0) is 41.5 Å². The SMILES string of the molecule is CC(C)(c1ccc(OCC=C(Cl)Cl)cc1)c1ccc(OCC(=O)c2ccccc2)cc1. The molecule has 0 bridgehead atoms. The third-order valence-corrected chi connectivity index (χ3v) is 5.41. The van der Waals surface area contributed by atoms with E-state index in [1.54, 1.807) is 18.2 Å². The lowest BCUT2D eigenvalue weighted by molar-refractivity contribution is 0.0921. The first-order valence-corrected chi connectivity index (χ1v) is 10.7. The van der Waals surface area contributed by atoms with Crippen LogP contribution >= 0.6 is 23.2 Å². The van der Waals surface area contributed by atoms with Gasteiger partial charge in [0.1, 0.15) is 22.6 Å². The van der Waals surface area contributed by atoms with Crippen molar-refractivity contribution in [1.82, 2.24) is 0 Å². The van der Waals surface area contributed by atoms with Crippen LogP contribution in [0.4, 0.5) is 0 Å². The molecule has 160 valence electrons. The fraction of sp³-hybridized carbons (Fsp3) is 0.192. The molecule has 0 N–H and O–H groups in total. The number of Topliss-reactive ketones (excluding diaryl/α,β-unsaturated/α-hetero) is 1. The smallest absolute Gasteiger partial charge is 0.200 e. The molecule has 0 unspecified atom stereocenters. The summed E-state index contributed by atoms with van der Waals surface area (Å²) in [5.74, 6) is 1.37. The Labute approximate surface area is 193 Å². The Kier molecular flexibility index (Phi) is 7.78. The molecule has 3 rings (SSSR count). The van der Waals surface area contributed by atoms with E-state index in [1.165, 1.54) is 0 Å². The van der Waals surface area contributed by atoms with Crippen molar-refractivity contribution in [2.45, 2.75) is 19.3 Å². The van der Waals surface area contributed by atoms with E-state index in [4.69, 9.17) is 32.7 Å². The maximum atomic E-state index is 12.2. The predicted molar refractivity (Wildman–Crippen MR) is 127 cm³/mol. The van der Waals surface area contributed by atoms with Crippen molar-refractivity contribution in [2.24, 2.45) is 0 Å². The molecule has 0 aliphatic heterocycles. The molecule has 3 aromatic carbocycles. The standard InChI is InChI=1S/C26H24Cl2O3/c1-26(2,20-8-12-22(13-9-20)30-17-16-25(27)28)21-10-14-23(15-11-21)31-18-24(29)19-6-4-3-5-7-19/h3-16H,17-18H2,1-2H3. The van der Waals surface area contributed by atoms with E-state index in [2.05, 4.69) is 13.8 Å². The van der Waals surface area contributed by atoms with E-state index in [9.17, 15) is 4.79 Å². The van der Waals surface area contributed by atoms with E-state index >= 15 is 0 Å².